The smallest absolute Gasteiger partial charge is 0.139 e. The van der Waals surface area contributed by atoms with E-state index in [2.05, 4.69) is 22.2 Å². The Morgan fingerprint density at radius 2 is 2.22 bits per heavy atom. The zero-order chi connectivity index (χ0) is 12.4. The third kappa shape index (κ3) is 2.20. The Morgan fingerprint density at radius 1 is 1.39 bits per heavy atom. The van der Waals surface area contributed by atoms with E-state index in [0.717, 1.165) is 42.3 Å². The first-order chi connectivity index (χ1) is 8.84. The molecule has 2 aromatic rings. The fraction of sp³-hybridized carbons (Fsp3) is 0.500. The summed E-state index contributed by atoms with van der Waals surface area (Å²) in [6, 6.07) is 3.91. The van der Waals surface area contributed by atoms with Crippen LogP contribution in [-0.2, 0) is 0 Å². The molecule has 0 aliphatic carbocycles. The second-order valence-electron chi connectivity index (χ2n) is 5.04. The van der Waals surface area contributed by atoms with Crippen molar-refractivity contribution in [3.05, 3.63) is 24.6 Å². The highest BCUT2D eigenvalue weighted by Gasteiger charge is 2.17. The summed E-state index contributed by atoms with van der Waals surface area (Å²) in [6.45, 7) is 3.35. The van der Waals surface area contributed by atoms with Crippen LogP contribution in [0.1, 0.15) is 12.8 Å². The van der Waals surface area contributed by atoms with Gasteiger partial charge in [0.15, 0.2) is 0 Å². The average Bonchev–Trinajstić information content (AvgIpc) is 2.87. The first-order valence-electron chi connectivity index (χ1n) is 6.58. The van der Waals surface area contributed by atoms with E-state index in [-0.39, 0.29) is 0 Å². The molecule has 18 heavy (non-hydrogen) atoms. The van der Waals surface area contributed by atoms with E-state index in [9.17, 15) is 0 Å². The molecule has 1 fully saturated rings. The van der Waals surface area contributed by atoms with Gasteiger partial charge in [-0.05, 0) is 44.0 Å². The molecule has 4 nitrogen and oxygen atoms in total. The van der Waals surface area contributed by atoms with Gasteiger partial charge in [0.05, 0.1) is 11.6 Å². The lowest BCUT2D eigenvalue weighted by molar-refractivity contribution is 0.377. The van der Waals surface area contributed by atoms with E-state index in [1.807, 2.05) is 18.3 Å². The fourth-order valence-corrected chi connectivity index (χ4v) is 2.72. The highest BCUT2D eigenvalue weighted by molar-refractivity contribution is 5.88. The van der Waals surface area contributed by atoms with Crippen molar-refractivity contribution < 1.29 is 4.42 Å². The molecule has 96 valence electrons. The Labute approximate surface area is 107 Å². The Kier molecular flexibility index (Phi) is 3.19. The lowest BCUT2D eigenvalue weighted by Gasteiger charge is -2.28. The van der Waals surface area contributed by atoms with Gasteiger partial charge in [0.2, 0.25) is 0 Å². The normalized spacial score (nSPS) is 17.2. The van der Waals surface area contributed by atoms with E-state index in [4.69, 9.17) is 4.42 Å². The summed E-state index contributed by atoms with van der Waals surface area (Å²) in [5.41, 5.74) is 0.914. The summed E-state index contributed by atoms with van der Waals surface area (Å²) >= 11 is 0. The molecule has 3 heterocycles. The number of pyridine rings is 1. The topological polar surface area (TPSA) is 41.3 Å². The van der Waals surface area contributed by atoms with Crippen molar-refractivity contribution >= 4 is 16.8 Å². The van der Waals surface area contributed by atoms with Crippen molar-refractivity contribution in [2.24, 2.45) is 5.92 Å². The summed E-state index contributed by atoms with van der Waals surface area (Å²) in [4.78, 5) is 6.75. The molecule has 0 saturated carbocycles. The number of furan rings is 1. The van der Waals surface area contributed by atoms with E-state index in [0.29, 0.717) is 0 Å². The molecular formula is C14H19N3O. The zero-order valence-corrected chi connectivity index (χ0v) is 10.7. The number of piperidine rings is 1. The van der Waals surface area contributed by atoms with Gasteiger partial charge in [-0.3, -0.25) is 0 Å². The molecule has 0 bridgehead atoms. The van der Waals surface area contributed by atoms with Crippen molar-refractivity contribution in [2.45, 2.75) is 12.8 Å². The maximum atomic E-state index is 5.42. The molecule has 3 rings (SSSR count). The lowest BCUT2D eigenvalue weighted by atomic mass is 9.97. The number of anilines is 1. The van der Waals surface area contributed by atoms with Gasteiger partial charge in [0, 0.05) is 19.8 Å². The van der Waals surface area contributed by atoms with E-state index in [1.54, 1.807) is 6.26 Å². The number of nitrogens with zero attached hydrogens (tertiary/aromatic N) is 2. The van der Waals surface area contributed by atoms with Crippen molar-refractivity contribution in [3.8, 4) is 0 Å². The van der Waals surface area contributed by atoms with Crippen LogP contribution in [0, 0.1) is 5.92 Å². The van der Waals surface area contributed by atoms with E-state index in [1.165, 1.54) is 12.8 Å². The molecule has 0 spiro atoms. The molecule has 1 N–H and O–H groups in total. The van der Waals surface area contributed by atoms with Gasteiger partial charge in [-0.15, -0.1) is 0 Å². The van der Waals surface area contributed by atoms with Gasteiger partial charge in [-0.2, -0.15) is 0 Å². The fourth-order valence-electron chi connectivity index (χ4n) is 2.72. The minimum absolute atomic E-state index is 0.764. The molecule has 0 atom stereocenters. The number of nitrogens with one attached hydrogen (secondary N) is 1. The Morgan fingerprint density at radius 3 is 3.06 bits per heavy atom. The molecule has 0 radical (unpaired) electrons. The van der Waals surface area contributed by atoms with Crippen LogP contribution in [-0.4, -0.2) is 31.7 Å². The number of hydrogen-bond acceptors (Lipinski definition) is 4. The summed E-state index contributed by atoms with van der Waals surface area (Å²) in [7, 11) is 2.12. The highest BCUT2D eigenvalue weighted by atomic mass is 16.3. The summed E-state index contributed by atoms with van der Waals surface area (Å²) < 4.78 is 5.42. The lowest BCUT2D eigenvalue weighted by Crippen LogP contribution is -2.34. The number of rotatable bonds is 3. The van der Waals surface area contributed by atoms with Crippen LogP contribution in [0.4, 0.5) is 5.82 Å². The Hall–Kier alpha value is -1.55. The van der Waals surface area contributed by atoms with Crippen molar-refractivity contribution in [3.63, 3.8) is 0 Å². The quantitative estimate of drug-likeness (QED) is 0.900. The summed E-state index contributed by atoms with van der Waals surface area (Å²) in [5.74, 6) is 1.79. The molecule has 0 unspecified atom stereocenters. The third-order valence-corrected chi connectivity index (χ3v) is 3.71. The SMILES string of the molecule is CN(CC1CCNCC1)c1nccc2occc12. The number of aromatic nitrogens is 1. The monoisotopic (exact) mass is 245 g/mol. The molecule has 4 heteroatoms. The molecule has 1 saturated heterocycles. The first kappa shape index (κ1) is 11.5. The van der Waals surface area contributed by atoms with Gasteiger partial charge < -0.3 is 14.6 Å². The van der Waals surface area contributed by atoms with Crippen LogP contribution in [0.25, 0.3) is 11.0 Å². The summed E-state index contributed by atoms with van der Waals surface area (Å²) in [6.07, 6.45) is 6.06. The van der Waals surface area contributed by atoms with E-state index < -0.39 is 0 Å². The maximum Gasteiger partial charge on any atom is 0.139 e. The molecule has 0 aromatic carbocycles. The Bertz CT molecular complexity index is 516. The van der Waals surface area contributed by atoms with Gasteiger partial charge in [-0.1, -0.05) is 0 Å². The van der Waals surface area contributed by atoms with Crippen LogP contribution in [0.5, 0.6) is 0 Å². The van der Waals surface area contributed by atoms with Crippen molar-refractivity contribution in [2.75, 3.05) is 31.6 Å². The minimum Gasteiger partial charge on any atom is -0.464 e. The van der Waals surface area contributed by atoms with Gasteiger partial charge >= 0.3 is 0 Å². The van der Waals surface area contributed by atoms with Crippen LogP contribution in [0.2, 0.25) is 0 Å². The predicted molar refractivity (Wildman–Crippen MR) is 72.9 cm³/mol. The molecule has 2 aromatic heterocycles. The largest absolute Gasteiger partial charge is 0.464 e. The molecular weight excluding hydrogens is 226 g/mol. The minimum atomic E-state index is 0.764. The van der Waals surface area contributed by atoms with Crippen LogP contribution < -0.4 is 10.2 Å². The molecule has 1 aliphatic rings. The van der Waals surface area contributed by atoms with Gasteiger partial charge in [-0.25, -0.2) is 4.98 Å². The van der Waals surface area contributed by atoms with E-state index >= 15 is 0 Å². The molecule has 1 aliphatic heterocycles. The van der Waals surface area contributed by atoms with Crippen LogP contribution >= 0.6 is 0 Å². The molecule has 0 amide bonds. The second-order valence-corrected chi connectivity index (χ2v) is 5.04. The van der Waals surface area contributed by atoms with Gasteiger partial charge in [0.25, 0.3) is 0 Å². The highest BCUT2D eigenvalue weighted by Crippen LogP contribution is 2.25. The van der Waals surface area contributed by atoms with Crippen molar-refractivity contribution in [1.82, 2.24) is 10.3 Å². The van der Waals surface area contributed by atoms with Gasteiger partial charge in [0.1, 0.15) is 11.4 Å². The van der Waals surface area contributed by atoms with Crippen LogP contribution in [0.3, 0.4) is 0 Å². The standard InChI is InChI=1S/C14H19N3O/c1-17(10-11-2-6-15-7-3-11)14-12-5-9-18-13(12)4-8-16-14/h4-5,8-9,11,15H,2-3,6-7,10H2,1H3. The second kappa shape index (κ2) is 4.98. The van der Waals surface area contributed by atoms with Crippen molar-refractivity contribution in [1.29, 1.82) is 0 Å². The summed E-state index contributed by atoms with van der Waals surface area (Å²) in [5, 5.41) is 4.51. The number of fused-ring (bicyclic) bond motifs is 1. The zero-order valence-electron chi connectivity index (χ0n) is 10.7. The average molecular weight is 245 g/mol. The first-order valence-corrected chi connectivity index (χ1v) is 6.58. The number of hydrogen-bond donors (Lipinski definition) is 1. The predicted octanol–water partition coefficient (Wildman–Crippen LogP) is 2.26. The maximum absolute atomic E-state index is 5.42. The Balaban J connectivity index is 1.78. The van der Waals surface area contributed by atoms with Crippen LogP contribution in [0.15, 0.2) is 29.0 Å². The third-order valence-electron chi connectivity index (χ3n) is 3.71.